The number of carboxylic acid groups (broad SMARTS) is 1. The van der Waals surface area contributed by atoms with Gasteiger partial charge in [-0.15, -0.1) is 0 Å². The number of pyridine rings is 2. The number of rotatable bonds is 5. The van der Waals surface area contributed by atoms with Gasteiger partial charge in [-0.1, -0.05) is 42.5 Å². The molecule has 0 saturated heterocycles. The number of nitriles is 1. The van der Waals surface area contributed by atoms with Crippen LogP contribution in [0.15, 0.2) is 66.7 Å². The number of carbonyl (C=O) groups is 1. The first kappa shape index (κ1) is 19.1. The Bertz CT molecular complexity index is 1290. The molecule has 0 spiro atoms. The van der Waals surface area contributed by atoms with Crippen molar-refractivity contribution in [2.45, 2.75) is 13.5 Å². The van der Waals surface area contributed by atoms with Crippen molar-refractivity contribution in [1.29, 1.82) is 5.26 Å². The molecular formula is C24H18N4O2. The van der Waals surface area contributed by atoms with Crippen LogP contribution in [0.4, 0.5) is 5.69 Å². The van der Waals surface area contributed by atoms with Gasteiger partial charge in [0.1, 0.15) is 17.3 Å². The topological polar surface area (TPSA) is 98.9 Å². The van der Waals surface area contributed by atoms with Crippen molar-refractivity contribution in [1.82, 2.24) is 9.97 Å². The standard InChI is InChI=1S/C24H18N4O2/c1-15-12-22(23-21(27-15)11-10-18(13-25)28-23)26-14-16-6-8-17(9-7-16)19-4-2-3-5-20(19)24(29)30/h2-12H,14H2,1H3,(H,26,27)(H,29,30). The number of carboxylic acids is 1. The molecule has 30 heavy (non-hydrogen) atoms. The van der Waals surface area contributed by atoms with E-state index in [4.69, 9.17) is 5.26 Å². The highest BCUT2D eigenvalue weighted by molar-refractivity contribution is 5.96. The van der Waals surface area contributed by atoms with Crippen LogP contribution in [0.1, 0.15) is 27.3 Å². The van der Waals surface area contributed by atoms with E-state index in [9.17, 15) is 9.90 Å². The van der Waals surface area contributed by atoms with E-state index in [-0.39, 0.29) is 5.56 Å². The Labute approximate surface area is 173 Å². The molecule has 4 rings (SSSR count). The average Bonchev–Trinajstić information content (AvgIpc) is 2.77. The van der Waals surface area contributed by atoms with Gasteiger partial charge in [-0.2, -0.15) is 5.26 Å². The maximum absolute atomic E-state index is 11.5. The Morgan fingerprint density at radius 2 is 1.83 bits per heavy atom. The predicted molar refractivity (Wildman–Crippen MR) is 115 cm³/mol. The van der Waals surface area contributed by atoms with Gasteiger partial charge in [-0.05, 0) is 47.9 Å². The van der Waals surface area contributed by atoms with Gasteiger partial charge < -0.3 is 10.4 Å². The van der Waals surface area contributed by atoms with Crippen molar-refractivity contribution in [2.24, 2.45) is 0 Å². The minimum atomic E-state index is -0.944. The molecule has 0 fully saturated rings. The molecule has 0 amide bonds. The second-order valence-corrected chi connectivity index (χ2v) is 6.89. The number of benzene rings is 2. The highest BCUT2D eigenvalue weighted by Gasteiger charge is 2.11. The zero-order valence-electron chi connectivity index (χ0n) is 16.3. The third kappa shape index (κ3) is 3.82. The molecule has 6 heteroatoms. The summed E-state index contributed by atoms with van der Waals surface area (Å²) in [5.74, 6) is -0.944. The third-order valence-corrected chi connectivity index (χ3v) is 4.80. The zero-order valence-corrected chi connectivity index (χ0v) is 16.3. The molecule has 2 heterocycles. The highest BCUT2D eigenvalue weighted by Crippen LogP contribution is 2.25. The first-order chi connectivity index (χ1) is 14.5. The van der Waals surface area contributed by atoms with E-state index in [1.165, 1.54) is 0 Å². The van der Waals surface area contributed by atoms with Gasteiger partial charge in [0.15, 0.2) is 0 Å². The minimum Gasteiger partial charge on any atom is -0.478 e. The van der Waals surface area contributed by atoms with Crippen molar-refractivity contribution in [3.63, 3.8) is 0 Å². The molecule has 2 aromatic carbocycles. The number of fused-ring (bicyclic) bond motifs is 1. The van der Waals surface area contributed by atoms with Crippen molar-refractivity contribution in [3.05, 3.63) is 89.2 Å². The molecule has 0 aliphatic rings. The lowest BCUT2D eigenvalue weighted by Gasteiger charge is -2.11. The molecule has 0 bridgehead atoms. The molecule has 2 N–H and O–H groups in total. The molecule has 2 aromatic heterocycles. The largest absolute Gasteiger partial charge is 0.478 e. The van der Waals surface area contributed by atoms with Crippen molar-refractivity contribution in [3.8, 4) is 17.2 Å². The van der Waals surface area contributed by atoms with E-state index in [0.717, 1.165) is 28.0 Å². The SMILES string of the molecule is Cc1cc(NCc2ccc(-c3ccccc3C(=O)O)cc2)c2nc(C#N)ccc2n1. The van der Waals surface area contributed by atoms with E-state index >= 15 is 0 Å². The summed E-state index contributed by atoms with van der Waals surface area (Å²) in [5, 5.41) is 21.9. The molecule has 0 aliphatic heterocycles. The molecule has 6 nitrogen and oxygen atoms in total. The van der Waals surface area contributed by atoms with E-state index in [2.05, 4.69) is 21.4 Å². The summed E-state index contributed by atoms with van der Waals surface area (Å²) < 4.78 is 0. The summed E-state index contributed by atoms with van der Waals surface area (Å²) in [6.07, 6.45) is 0. The minimum absolute atomic E-state index is 0.279. The fraction of sp³-hybridized carbons (Fsp3) is 0.0833. The van der Waals surface area contributed by atoms with E-state index in [1.54, 1.807) is 30.3 Å². The lowest BCUT2D eigenvalue weighted by Crippen LogP contribution is -2.03. The average molecular weight is 394 g/mol. The molecule has 0 aliphatic carbocycles. The van der Waals surface area contributed by atoms with Gasteiger partial charge in [-0.3, -0.25) is 4.98 Å². The number of anilines is 1. The van der Waals surface area contributed by atoms with Gasteiger partial charge in [0.05, 0.1) is 16.8 Å². The van der Waals surface area contributed by atoms with Gasteiger partial charge in [0.2, 0.25) is 0 Å². The number of aromatic carboxylic acids is 1. The van der Waals surface area contributed by atoms with E-state index < -0.39 is 5.97 Å². The zero-order chi connectivity index (χ0) is 21.1. The fourth-order valence-electron chi connectivity index (χ4n) is 3.36. The van der Waals surface area contributed by atoms with Crippen molar-refractivity contribution >= 4 is 22.7 Å². The van der Waals surface area contributed by atoms with Crippen LogP contribution in [0.5, 0.6) is 0 Å². The van der Waals surface area contributed by atoms with Gasteiger partial charge in [0.25, 0.3) is 0 Å². The molecule has 0 radical (unpaired) electrons. The quantitative estimate of drug-likeness (QED) is 0.505. The van der Waals surface area contributed by atoms with Gasteiger partial charge in [-0.25, -0.2) is 9.78 Å². The molecule has 4 aromatic rings. The molecule has 0 atom stereocenters. The first-order valence-electron chi connectivity index (χ1n) is 9.39. The summed E-state index contributed by atoms with van der Waals surface area (Å²) in [7, 11) is 0. The van der Waals surface area contributed by atoms with Crippen LogP contribution in [-0.2, 0) is 6.54 Å². The second-order valence-electron chi connectivity index (χ2n) is 6.89. The number of nitrogens with one attached hydrogen (secondary N) is 1. The van der Waals surface area contributed by atoms with Gasteiger partial charge in [0, 0.05) is 12.2 Å². The van der Waals surface area contributed by atoms with Crippen molar-refractivity contribution < 1.29 is 9.90 Å². The lowest BCUT2D eigenvalue weighted by atomic mass is 9.99. The molecule has 0 unspecified atom stereocenters. The summed E-state index contributed by atoms with van der Waals surface area (Å²) in [6, 6.07) is 22.2. The maximum atomic E-state index is 11.5. The summed E-state index contributed by atoms with van der Waals surface area (Å²) >= 11 is 0. The molecule has 0 saturated carbocycles. The Morgan fingerprint density at radius 1 is 1.07 bits per heavy atom. The first-order valence-corrected chi connectivity index (χ1v) is 9.39. The second kappa shape index (κ2) is 8.02. The van der Waals surface area contributed by atoms with Gasteiger partial charge >= 0.3 is 5.97 Å². The van der Waals surface area contributed by atoms with E-state index in [1.807, 2.05) is 43.3 Å². The van der Waals surface area contributed by atoms with Crippen LogP contribution in [0.2, 0.25) is 0 Å². The van der Waals surface area contributed by atoms with Crippen LogP contribution in [0.25, 0.3) is 22.2 Å². The van der Waals surface area contributed by atoms with Crippen molar-refractivity contribution in [2.75, 3.05) is 5.32 Å². The normalized spacial score (nSPS) is 10.5. The number of aromatic nitrogens is 2. The van der Waals surface area contributed by atoms with E-state index in [0.29, 0.717) is 23.3 Å². The Kier molecular flexibility index (Phi) is 5.10. The Hall–Kier alpha value is -4.24. The van der Waals surface area contributed by atoms with Crippen LogP contribution >= 0.6 is 0 Å². The van der Waals surface area contributed by atoms with Crippen LogP contribution in [-0.4, -0.2) is 21.0 Å². The smallest absolute Gasteiger partial charge is 0.336 e. The summed E-state index contributed by atoms with van der Waals surface area (Å²) in [5.41, 5.74) is 6.26. The summed E-state index contributed by atoms with van der Waals surface area (Å²) in [4.78, 5) is 20.3. The Morgan fingerprint density at radius 3 is 2.57 bits per heavy atom. The number of hydrogen-bond acceptors (Lipinski definition) is 5. The Balaban J connectivity index is 1.59. The monoisotopic (exact) mass is 394 g/mol. The lowest BCUT2D eigenvalue weighted by molar-refractivity contribution is 0.0697. The highest BCUT2D eigenvalue weighted by atomic mass is 16.4. The van der Waals surface area contributed by atoms with Crippen LogP contribution in [0, 0.1) is 18.3 Å². The molecular weight excluding hydrogens is 376 g/mol. The fourth-order valence-corrected chi connectivity index (χ4v) is 3.36. The predicted octanol–water partition coefficient (Wildman–Crippen LogP) is 4.79. The third-order valence-electron chi connectivity index (χ3n) is 4.80. The van der Waals surface area contributed by atoms with Crippen LogP contribution < -0.4 is 5.32 Å². The molecule has 146 valence electrons. The van der Waals surface area contributed by atoms with Crippen LogP contribution in [0.3, 0.4) is 0 Å². The summed E-state index contributed by atoms with van der Waals surface area (Å²) in [6.45, 7) is 2.47. The maximum Gasteiger partial charge on any atom is 0.336 e. The number of aryl methyl sites for hydroxylation is 1. The number of nitrogens with zero attached hydrogens (tertiary/aromatic N) is 3. The number of hydrogen-bond donors (Lipinski definition) is 2.